The average molecular weight is 324 g/mol. The molecule has 3 N–H and O–H groups in total. The van der Waals surface area contributed by atoms with Crippen molar-refractivity contribution >= 4 is 49.6 Å². The first-order valence-electron chi connectivity index (χ1n) is 5.26. The molecule has 0 aliphatic heterocycles. The molecular weight excluding hydrogens is 308 g/mol. The summed E-state index contributed by atoms with van der Waals surface area (Å²) < 4.78 is 26.8. The SMILES string of the molecule is COC(=O)c1sc(NCCS(C)(=O)=O)c(SC)c1N. The molecule has 0 atom stereocenters. The van der Waals surface area contributed by atoms with Gasteiger partial charge in [-0.2, -0.15) is 0 Å². The van der Waals surface area contributed by atoms with Crippen LogP contribution in [0.1, 0.15) is 9.67 Å². The first kappa shape index (κ1) is 16.1. The average Bonchev–Trinajstić information content (AvgIpc) is 2.63. The summed E-state index contributed by atoms with van der Waals surface area (Å²) in [6.45, 7) is 0.271. The van der Waals surface area contributed by atoms with Gasteiger partial charge < -0.3 is 15.8 Å². The number of carbonyl (C=O) groups excluding carboxylic acids is 1. The molecule has 0 aliphatic rings. The Morgan fingerprint density at radius 1 is 1.53 bits per heavy atom. The van der Waals surface area contributed by atoms with Crippen LogP contribution in [0.3, 0.4) is 0 Å². The number of sulfone groups is 1. The van der Waals surface area contributed by atoms with E-state index in [2.05, 4.69) is 10.1 Å². The predicted octanol–water partition coefficient (Wildman–Crippen LogP) is 1.30. The summed E-state index contributed by atoms with van der Waals surface area (Å²) in [4.78, 5) is 12.6. The Balaban J connectivity index is 2.92. The highest BCUT2D eigenvalue weighted by atomic mass is 32.2. The maximum atomic E-state index is 11.5. The van der Waals surface area contributed by atoms with Gasteiger partial charge in [-0.1, -0.05) is 0 Å². The van der Waals surface area contributed by atoms with Gasteiger partial charge in [0.25, 0.3) is 0 Å². The number of esters is 1. The molecule has 108 valence electrons. The van der Waals surface area contributed by atoms with E-state index in [9.17, 15) is 13.2 Å². The Labute approximate surface area is 120 Å². The number of rotatable bonds is 6. The van der Waals surface area contributed by atoms with Crippen molar-refractivity contribution < 1.29 is 17.9 Å². The monoisotopic (exact) mass is 324 g/mol. The van der Waals surface area contributed by atoms with Gasteiger partial charge in [-0.25, -0.2) is 13.2 Å². The molecule has 0 fully saturated rings. The van der Waals surface area contributed by atoms with E-state index in [1.807, 2.05) is 6.26 Å². The second kappa shape index (κ2) is 6.49. The van der Waals surface area contributed by atoms with Crippen LogP contribution in [-0.2, 0) is 14.6 Å². The van der Waals surface area contributed by atoms with Gasteiger partial charge in [-0.05, 0) is 6.26 Å². The normalized spacial score (nSPS) is 11.3. The van der Waals surface area contributed by atoms with Crippen LogP contribution in [-0.4, -0.2) is 46.3 Å². The Kier molecular flexibility index (Phi) is 5.50. The van der Waals surface area contributed by atoms with Gasteiger partial charge in [0.1, 0.15) is 19.7 Å². The fraction of sp³-hybridized carbons (Fsp3) is 0.500. The summed E-state index contributed by atoms with van der Waals surface area (Å²) in [7, 11) is -1.74. The fourth-order valence-electron chi connectivity index (χ4n) is 1.34. The number of thiophene rings is 1. The third kappa shape index (κ3) is 4.29. The van der Waals surface area contributed by atoms with E-state index in [0.29, 0.717) is 15.6 Å². The van der Waals surface area contributed by atoms with Crippen LogP contribution in [0, 0.1) is 0 Å². The molecule has 0 saturated heterocycles. The Morgan fingerprint density at radius 3 is 2.63 bits per heavy atom. The van der Waals surface area contributed by atoms with Crippen LogP contribution in [0.4, 0.5) is 10.7 Å². The van der Waals surface area contributed by atoms with Gasteiger partial charge in [0, 0.05) is 12.8 Å². The molecule has 1 aromatic rings. The lowest BCUT2D eigenvalue weighted by Gasteiger charge is -2.05. The molecule has 0 aliphatic carbocycles. The number of thioether (sulfide) groups is 1. The molecule has 0 bridgehead atoms. The lowest BCUT2D eigenvalue weighted by atomic mass is 10.4. The zero-order valence-corrected chi connectivity index (χ0v) is 13.3. The number of nitrogens with two attached hydrogens (primary N) is 1. The second-order valence-corrected chi connectivity index (χ2v) is 7.85. The summed E-state index contributed by atoms with van der Waals surface area (Å²) in [6, 6.07) is 0. The Hall–Kier alpha value is -0.930. The summed E-state index contributed by atoms with van der Waals surface area (Å²) in [5.74, 6) is -0.472. The molecule has 19 heavy (non-hydrogen) atoms. The number of anilines is 2. The Bertz CT molecular complexity index is 566. The zero-order chi connectivity index (χ0) is 14.6. The molecule has 0 unspecified atom stereocenters. The molecule has 1 heterocycles. The standard InChI is InChI=1S/C10H16N2O4S3/c1-16-10(13)8-6(11)7(17-2)9(18-8)12-4-5-19(3,14)15/h12H,4-5,11H2,1-3H3. The highest BCUT2D eigenvalue weighted by Crippen LogP contribution is 2.41. The van der Waals surface area contributed by atoms with Crippen molar-refractivity contribution in [1.82, 2.24) is 0 Å². The van der Waals surface area contributed by atoms with Gasteiger partial charge in [0.15, 0.2) is 0 Å². The summed E-state index contributed by atoms with van der Waals surface area (Å²) >= 11 is 2.56. The molecule has 0 radical (unpaired) electrons. The van der Waals surface area contributed by atoms with E-state index in [0.717, 1.165) is 4.90 Å². The highest BCUT2D eigenvalue weighted by Gasteiger charge is 2.21. The van der Waals surface area contributed by atoms with Crippen LogP contribution in [0.15, 0.2) is 4.90 Å². The minimum absolute atomic E-state index is 0.0200. The van der Waals surface area contributed by atoms with E-state index < -0.39 is 15.8 Å². The highest BCUT2D eigenvalue weighted by molar-refractivity contribution is 7.99. The van der Waals surface area contributed by atoms with Gasteiger partial charge in [-0.15, -0.1) is 23.1 Å². The van der Waals surface area contributed by atoms with Crippen molar-refractivity contribution in [3.8, 4) is 0 Å². The molecule has 1 aromatic heterocycles. The predicted molar refractivity (Wildman–Crippen MR) is 80.1 cm³/mol. The number of nitrogen functional groups attached to an aromatic ring is 1. The van der Waals surface area contributed by atoms with Gasteiger partial charge >= 0.3 is 5.97 Å². The summed E-state index contributed by atoms with van der Waals surface area (Å²) in [5.41, 5.74) is 6.25. The number of ether oxygens (including phenoxy) is 1. The van der Waals surface area contributed by atoms with E-state index in [1.54, 1.807) is 0 Å². The van der Waals surface area contributed by atoms with Crippen molar-refractivity contribution in [2.75, 3.05) is 43.0 Å². The summed E-state index contributed by atoms with van der Waals surface area (Å²) in [5, 5.41) is 3.68. The Morgan fingerprint density at radius 2 is 2.16 bits per heavy atom. The maximum Gasteiger partial charge on any atom is 0.350 e. The minimum Gasteiger partial charge on any atom is -0.465 e. The van der Waals surface area contributed by atoms with Crippen LogP contribution >= 0.6 is 23.1 Å². The quantitative estimate of drug-likeness (QED) is 0.601. The molecule has 6 nitrogen and oxygen atoms in total. The molecule has 0 spiro atoms. The lowest BCUT2D eigenvalue weighted by Crippen LogP contribution is -2.13. The first-order chi connectivity index (χ1) is 8.80. The third-order valence-electron chi connectivity index (χ3n) is 2.23. The number of hydrogen-bond donors (Lipinski definition) is 2. The van der Waals surface area contributed by atoms with E-state index in [-0.39, 0.29) is 12.3 Å². The lowest BCUT2D eigenvalue weighted by molar-refractivity contribution is 0.0607. The second-order valence-electron chi connectivity index (χ2n) is 3.76. The number of carbonyl (C=O) groups is 1. The summed E-state index contributed by atoms with van der Waals surface area (Å²) in [6.07, 6.45) is 3.01. The molecule has 0 saturated carbocycles. The van der Waals surface area contributed by atoms with Crippen LogP contribution in [0.5, 0.6) is 0 Å². The van der Waals surface area contributed by atoms with Gasteiger partial charge in [-0.3, -0.25) is 0 Å². The molecule has 0 aromatic carbocycles. The molecule has 0 amide bonds. The molecule has 9 heteroatoms. The van der Waals surface area contributed by atoms with Gasteiger partial charge in [0.05, 0.1) is 23.4 Å². The smallest absolute Gasteiger partial charge is 0.350 e. The van der Waals surface area contributed by atoms with Crippen LogP contribution < -0.4 is 11.1 Å². The van der Waals surface area contributed by atoms with Crippen molar-refractivity contribution in [1.29, 1.82) is 0 Å². The van der Waals surface area contributed by atoms with Gasteiger partial charge in [0.2, 0.25) is 0 Å². The van der Waals surface area contributed by atoms with E-state index in [4.69, 9.17) is 5.73 Å². The first-order valence-corrected chi connectivity index (χ1v) is 9.36. The zero-order valence-electron chi connectivity index (χ0n) is 10.8. The topological polar surface area (TPSA) is 98.5 Å². The van der Waals surface area contributed by atoms with Crippen LogP contribution in [0.25, 0.3) is 0 Å². The van der Waals surface area contributed by atoms with Crippen molar-refractivity contribution in [3.05, 3.63) is 4.88 Å². The molecular formula is C10H16N2O4S3. The van der Waals surface area contributed by atoms with E-state index >= 15 is 0 Å². The van der Waals surface area contributed by atoms with Crippen molar-refractivity contribution in [3.63, 3.8) is 0 Å². The van der Waals surface area contributed by atoms with Crippen molar-refractivity contribution in [2.45, 2.75) is 4.90 Å². The number of hydrogen-bond acceptors (Lipinski definition) is 8. The van der Waals surface area contributed by atoms with Crippen LogP contribution in [0.2, 0.25) is 0 Å². The largest absolute Gasteiger partial charge is 0.465 e. The minimum atomic E-state index is -3.03. The fourth-order valence-corrected chi connectivity index (χ4v) is 3.79. The number of methoxy groups -OCH3 is 1. The third-order valence-corrected chi connectivity index (χ3v) is 5.28. The van der Waals surface area contributed by atoms with E-state index in [1.165, 1.54) is 36.5 Å². The van der Waals surface area contributed by atoms with Crippen molar-refractivity contribution in [2.24, 2.45) is 0 Å². The maximum absolute atomic E-state index is 11.5. The number of nitrogens with one attached hydrogen (secondary N) is 1. The molecule has 1 rings (SSSR count).